The molecule has 1 N–H and O–H groups in total. The van der Waals surface area contributed by atoms with Crippen molar-refractivity contribution in [2.24, 2.45) is 4.99 Å². The minimum absolute atomic E-state index is 0.246. The Labute approximate surface area is 135 Å². The van der Waals surface area contributed by atoms with Gasteiger partial charge in [-0.25, -0.2) is 0 Å². The van der Waals surface area contributed by atoms with Crippen LogP contribution in [0.2, 0.25) is 0 Å². The van der Waals surface area contributed by atoms with Gasteiger partial charge in [0.05, 0.1) is 41.6 Å². The number of ether oxygens (including phenoxy) is 2. The highest BCUT2D eigenvalue weighted by Gasteiger charge is 2.08. The van der Waals surface area contributed by atoms with Gasteiger partial charge in [0.2, 0.25) is 0 Å². The van der Waals surface area contributed by atoms with Crippen LogP contribution in [-0.2, 0) is 4.74 Å². The van der Waals surface area contributed by atoms with Gasteiger partial charge >= 0.3 is 0 Å². The molecule has 0 saturated carbocycles. The van der Waals surface area contributed by atoms with Gasteiger partial charge in [0.1, 0.15) is 5.75 Å². The van der Waals surface area contributed by atoms with E-state index in [1.54, 1.807) is 37.7 Å². The molecule has 1 aliphatic rings. The van der Waals surface area contributed by atoms with E-state index in [1.807, 2.05) is 4.90 Å². The molecule has 1 aliphatic heterocycles. The minimum Gasteiger partial charge on any atom is -0.497 e. The summed E-state index contributed by atoms with van der Waals surface area (Å²) in [5.74, 6) is 0.479. The van der Waals surface area contributed by atoms with Gasteiger partial charge in [0, 0.05) is 18.7 Å². The van der Waals surface area contributed by atoms with Crippen molar-refractivity contribution in [1.29, 1.82) is 0 Å². The molecule has 0 spiro atoms. The van der Waals surface area contributed by atoms with E-state index in [-0.39, 0.29) is 5.91 Å². The van der Waals surface area contributed by atoms with Gasteiger partial charge in [-0.3, -0.25) is 4.79 Å². The molecule has 1 fully saturated rings. The van der Waals surface area contributed by atoms with Gasteiger partial charge in [0.15, 0.2) is 0 Å². The van der Waals surface area contributed by atoms with Crippen LogP contribution < -0.4 is 18.7 Å². The number of carbonyl (C=O) groups excluding carboxylic acids is 1. The van der Waals surface area contributed by atoms with Crippen LogP contribution in [0.25, 0.3) is 0 Å². The summed E-state index contributed by atoms with van der Waals surface area (Å²) >= 11 is 0. The highest BCUT2D eigenvalue weighted by atomic mass is 35.7. The average molecular weight is 349 g/mol. The standard InChI is InChI=1S/C13H16N2O3.ClHO4/c1-17-12-4-2-11(3-5-12)13(16)14-10-15-6-8-18-9-7-15;2-1(3,4)5/h2-5,10H,6-9H2,1H3;(H,2,3,4,5). The molecule has 1 aromatic rings. The Kier molecular flexibility index (Phi) is 7.89. The third kappa shape index (κ3) is 9.08. The summed E-state index contributed by atoms with van der Waals surface area (Å²) in [6.45, 7) is 2.92. The third-order valence-corrected chi connectivity index (χ3v) is 2.72. The Hall–Kier alpha value is -1.75. The number of aliphatic imine (C=N–C) groups is 1. The van der Waals surface area contributed by atoms with Crippen LogP contribution >= 0.6 is 0 Å². The number of carbonyl (C=O) groups is 1. The second kappa shape index (κ2) is 9.40. The van der Waals surface area contributed by atoms with Crippen LogP contribution in [0.15, 0.2) is 29.3 Å². The van der Waals surface area contributed by atoms with Crippen molar-refractivity contribution in [3.8, 4) is 5.75 Å². The van der Waals surface area contributed by atoms with E-state index in [1.165, 1.54) is 0 Å². The first-order valence-electron chi connectivity index (χ1n) is 6.47. The lowest BCUT2D eigenvalue weighted by atomic mass is 10.2. The molecule has 10 heteroatoms. The Bertz CT molecular complexity index is 504. The summed E-state index contributed by atoms with van der Waals surface area (Å²) < 4.78 is 43.0. The zero-order valence-corrected chi connectivity index (χ0v) is 13.1. The third-order valence-electron chi connectivity index (χ3n) is 2.72. The van der Waals surface area contributed by atoms with Crippen LogP contribution in [0.4, 0.5) is 0 Å². The first-order valence-corrected chi connectivity index (χ1v) is 7.73. The molecule has 1 saturated heterocycles. The van der Waals surface area contributed by atoms with Crippen molar-refractivity contribution < 1.29 is 43.1 Å². The lowest BCUT2D eigenvalue weighted by molar-refractivity contribution is -1.92. The maximum absolute atomic E-state index is 11.8. The van der Waals surface area contributed by atoms with Crippen molar-refractivity contribution in [2.75, 3.05) is 33.4 Å². The number of nitrogens with zero attached hydrogens (tertiary/aromatic N) is 2. The average Bonchev–Trinajstić information content (AvgIpc) is 2.52. The summed E-state index contributed by atoms with van der Waals surface area (Å²) in [7, 11) is -3.10. The lowest BCUT2D eigenvalue weighted by Gasteiger charge is -2.23. The van der Waals surface area contributed by atoms with Crippen molar-refractivity contribution in [3.05, 3.63) is 29.8 Å². The monoisotopic (exact) mass is 348 g/mol. The fraction of sp³-hybridized carbons (Fsp3) is 0.385. The number of hydrogen-bond acceptors (Lipinski definition) is 7. The number of halogens is 1. The van der Waals surface area contributed by atoms with Crippen molar-refractivity contribution in [3.63, 3.8) is 0 Å². The van der Waals surface area contributed by atoms with Crippen LogP contribution in [0.5, 0.6) is 5.75 Å². The summed E-state index contributed by atoms with van der Waals surface area (Å²) in [4.78, 5) is 17.7. The van der Waals surface area contributed by atoms with E-state index in [0.29, 0.717) is 18.8 Å². The maximum Gasteiger partial charge on any atom is 0.278 e. The highest BCUT2D eigenvalue weighted by Crippen LogP contribution is 2.11. The molecule has 2 rings (SSSR count). The molecule has 0 bridgehead atoms. The minimum atomic E-state index is -4.69. The van der Waals surface area contributed by atoms with E-state index in [4.69, 9.17) is 28.1 Å². The van der Waals surface area contributed by atoms with Gasteiger partial charge in [-0.1, -0.05) is 0 Å². The Morgan fingerprint density at radius 2 is 1.83 bits per heavy atom. The molecule has 1 amide bonds. The second-order valence-corrected chi connectivity index (χ2v) is 5.11. The van der Waals surface area contributed by atoms with Crippen LogP contribution in [-0.4, -0.2) is 55.2 Å². The predicted octanol–water partition coefficient (Wildman–Crippen LogP) is -2.93. The summed E-state index contributed by atoms with van der Waals surface area (Å²) in [6, 6.07) is 6.91. The van der Waals surface area contributed by atoms with Crippen molar-refractivity contribution in [1.82, 2.24) is 4.90 Å². The van der Waals surface area contributed by atoms with Gasteiger partial charge in [-0.05, 0) is 24.3 Å². The fourth-order valence-corrected chi connectivity index (χ4v) is 1.64. The molecular weight excluding hydrogens is 332 g/mol. The second-order valence-electron chi connectivity index (χ2n) is 4.32. The molecule has 9 nitrogen and oxygen atoms in total. The molecule has 1 heterocycles. The summed E-state index contributed by atoms with van der Waals surface area (Å²) in [5.41, 5.74) is 0.556. The van der Waals surface area contributed by atoms with E-state index < -0.39 is 10.2 Å². The number of amides is 1. The number of methoxy groups -OCH3 is 1. The molecule has 0 atom stereocenters. The molecule has 1 aromatic carbocycles. The van der Waals surface area contributed by atoms with Gasteiger partial charge in [0.25, 0.3) is 5.91 Å². The van der Waals surface area contributed by atoms with Crippen molar-refractivity contribution in [2.45, 2.75) is 0 Å². The van der Waals surface area contributed by atoms with E-state index >= 15 is 0 Å². The molecule has 0 radical (unpaired) electrons. The normalized spacial score (nSPS) is 15.1. The van der Waals surface area contributed by atoms with Crippen molar-refractivity contribution >= 4 is 12.2 Å². The van der Waals surface area contributed by atoms with Gasteiger partial charge in [-0.2, -0.15) is 19.0 Å². The SMILES string of the molecule is COc1ccc(C(=O)N=CN2CCOCC2)cc1.[O-][Cl+3]([O-])([O-])O. The van der Waals surface area contributed by atoms with E-state index in [9.17, 15) is 4.79 Å². The topological polar surface area (TPSA) is 141 Å². The van der Waals surface area contributed by atoms with Crippen LogP contribution in [0, 0.1) is 10.2 Å². The number of benzene rings is 1. The van der Waals surface area contributed by atoms with Gasteiger partial charge < -0.3 is 14.4 Å². The largest absolute Gasteiger partial charge is 0.497 e. The number of hydrogen-bond donors (Lipinski definition) is 1. The molecule has 23 heavy (non-hydrogen) atoms. The Balaban J connectivity index is 0.000000463. The summed E-state index contributed by atoms with van der Waals surface area (Å²) in [5, 5.41) is 0. The van der Waals surface area contributed by atoms with E-state index in [2.05, 4.69) is 4.99 Å². The maximum atomic E-state index is 11.8. The molecule has 0 unspecified atom stereocenters. The Morgan fingerprint density at radius 3 is 2.30 bits per heavy atom. The molecule has 0 aromatic heterocycles. The van der Waals surface area contributed by atoms with Gasteiger partial charge in [-0.15, -0.1) is 0 Å². The highest BCUT2D eigenvalue weighted by molar-refractivity contribution is 5.98. The number of rotatable bonds is 3. The quantitative estimate of drug-likeness (QED) is 0.452. The predicted molar refractivity (Wildman–Crippen MR) is 70.4 cm³/mol. The first-order chi connectivity index (χ1) is 10.8. The summed E-state index contributed by atoms with van der Waals surface area (Å²) in [6.07, 6.45) is 1.59. The van der Waals surface area contributed by atoms with E-state index in [0.717, 1.165) is 18.8 Å². The number of morpholine rings is 1. The zero-order chi connectivity index (χ0) is 17.3. The lowest BCUT2D eigenvalue weighted by Crippen LogP contribution is -2.58. The molecule has 0 aliphatic carbocycles. The van der Waals surface area contributed by atoms with Crippen LogP contribution in [0.3, 0.4) is 0 Å². The molecular formula is C13H17ClN2O7. The van der Waals surface area contributed by atoms with Crippen LogP contribution in [0.1, 0.15) is 10.4 Å². The zero-order valence-electron chi connectivity index (χ0n) is 12.4. The smallest absolute Gasteiger partial charge is 0.278 e. The molecule has 128 valence electrons. The first kappa shape index (κ1) is 19.3. The Morgan fingerprint density at radius 1 is 1.30 bits per heavy atom. The fourth-order valence-electron chi connectivity index (χ4n) is 1.64.